The first-order chi connectivity index (χ1) is 9.83. The highest BCUT2D eigenvalue weighted by molar-refractivity contribution is 5.88. The SMILES string of the molecule is COc1ccc(-c2nc(C=NN)c3ccccn23)cc1. The Morgan fingerprint density at radius 1 is 1.20 bits per heavy atom. The molecule has 2 aromatic heterocycles. The van der Waals surface area contributed by atoms with Crippen LogP contribution in [0.4, 0.5) is 0 Å². The summed E-state index contributed by atoms with van der Waals surface area (Å²) in [7, 11) is 1.65. The molecule has 1 aromatic carbocycles. The minimum atomic E-state index is 0.749. The van der Waals surface area contributed by atoms with Gasteiger partial charge in [-0.3, -0.25) is 4.40 Å². The van der Waals surface area contributed by atoms with E-state index in [4.69, 9.17) is 10.6 Å². The van der Waals surface area contributed by atoms with Crippen LogP contribution in [0.2, 0.25) is 0 Å². The Morgan fingerprint density at radius 3 is 2.70 bits per heavy atom. The van der Waals surface area contributed by atoms with E-state index in [1.165, 1.54) is 0 Å². The lowest BCUT2D eigenvalue weighted by molar-refractivity contribution is 0.415. The highest BCUT2D eigenvalue weighted by atomic mass is 16.5. The van der Waals surface area contributed by atoms with E-state index in [2.05, 4.69) is 10.1 Å². The molecule has 0 atom stereocenters. The summed E-state index contributed by atoms with van der Waals surface area (Å²) < 4.78 is 7.18. The smallest absolute Gasteiger partial charge is 0.145 e. The number of hydrogen-bond donors (Lipinski definition) is 1. The molecule has 2 heterocycles. The predicted octanol–water partition coefficient (Wildman–Crippen LogP) is 2.30. The van der Waals surface area contributed by atoms with Crippen molar-refractivity contribution >= 4 is 11.7 Å². The summed E-state index contributed by atoms with van der Waals surface area (Å²) >= 11 is 0. The van der Waals surface area contributed by atoms with Gasteiger partial charge in [0, 0.05) is 11.8 Å². The largest absolute Gasteiger partial charge is 0.497 e. The second kappa shape index (κ2) is 5.05. The Morgan fingerprint density at radius 2 is 2.00 bits per heavy atom. The molecule has 5 heteroatoms. The zero-order valence-corrected chi connectivity index (χ0v) is 11.0. The van der Waals surface area contributed by atoms with Gasteiger partial charge in [0.25, 0.3) is 0 Å². The monoisotopic (exact) mass is 266 g/mol. The number of hydrogen-bond acceptors (Lipinski definition) is 4. The van der Waals surface area contributed by atoms with E-state index in [0.29, 0.717) is 0 Å². The molecule has 3 aromatic rings. The first-order valence-corrected chi connectivity index (χ1v) is 6.18. The van der Waals surface area contributed by atoms with Gasteiger partial charge in [0.2, 0.25) is 0 Å². The van der Waals surface area contributed by atoms with Crippen molar-refractivity contribution in [1.82, 2.24) is 9.38 Å². The number of nitrogens with two attached hydrogens (primary N) is 1. The van der Waals surface area contributed by atoms with Crippen LogP contribution >= 0.6 is 0 Å². The van der Waals surface area contributed by atoms with Crippen LogP contribution < -0.4 is 10.6 Å². The topological polar surface area (TPSA) is 64.9 Å². The van der Waals surface area contributed by atoms with Crippen molar-refractivity contribution in [2.75, 3.05) is 7.11 Å². The van der Waals surface area contributed by atoms with Gasteiger partial charge in [-0.15, -0.1) is 0 Å². The van der Waals surface area contributed by atoms with Crippen LogP contribution in [0, 0.1) is 0 Å². The summed E-state index contributed by atoms with van der Waals surface area (Å²) in [5.41, 5.74) is 2.72. The molecule has 0 aliphatic heterocycles. The van der Waals surface area contributed by atoms with Crippen LogP contribution in [0.15, 0.2) is 53.8 Å². The van der Waals surface area contributed by atoms with Crippen molar-refractivity contribution in [2.45, 2.75) is 0 Å². The molecule has 20 heavy (non-hydrogen) atoms. The van der Waals surface area contributed by atoms with Crippen molar-refractivity contribution in [3.63, 3.8) is 0 Å². The highest BCUT2D eigenvalue weighted by Crippen LogP contribution is 2.24. The van der Waals surface area contributed by atoms with E-state index >= 15 is 0 Å². The summed E-state index contributed by atoms with van der Waals surface area (Å²) in [6, 6.07) is 13.7. The molecule has 0 unspecified atom stereocenters. The molecule has 0 radical (unpaired) electrons. The molecule has 3 rings (SSSR count). The van der Waals surface area contributed by atoms with Crippen LogP contribution in [0.25, 0.3) is 16.9 Å². The molecule has 0 spiro atoms. The number of fused-ring (bicyclic) bond motifs is 1. The lowest BCUT2D eigenvalue weighted by atomic mass is 10.2. The molecule has 100 valence electrons. The Kier molecular flexibility index (Phi) is 3.09. The van der Waals surface area contributed by atoms with Gasteiger partial charge < -0.3 is 10.6 Å². The molecule has 0 aliphatic carbocycles. The van der Waals surface area contributed by atoms with Crippen molar-refractivity contribution < 1.29 is 4.74 Å². The number of imidazole rings is 1. The average molecular weight is 266 g/mol. The third-order valence-corrected chi connectivity index (χ3v) is 3.12. The summed E-state index contributed by atoms with van der Waals surface area (Å²) in [4.78, 5) is 4.60. The second-order valence-electron chi connectivity index (χ2n) is 4.28. The van der Waals surface area contributed by atoms with Crippen LogP contribution in [-0.4, -0.2) is 22.7 Å². The summed E-state index contributed by atoms with van der Waals surface area (Å²) in [6.45, 7) is 0. The molecule has 0 fully saturated rings. The predicted molar refractivity (Wildman–Crippen MR) is 79.0 cm³/mol. The third kappa shape index (κ3) is 1.99. The van der Waals surface area contributed by atoms with E-state index in [0.717, 1.165) is 28.3 Å². The van der Waals surface area contributed by atoms with Gasteiger partial charge in [-0.05, 0) is 36.4 Å². The van der Waals surface area contributed by atoms with Crippen molar-refractivity contribution in [1.29, 1.82) is 0 Å². The molecular weight excluding hydrogens is 252 g/mol. The average Bonchev–Trinajstić information content (AvgIpc) is 2.87. The van der Waals surface area contributed by atoms with E-state index in [-0.39, 0.29) is 0 Å². The highest BCUT2D eigenvalue weighted by Gasteiger charge is 2.10. The van der Waals surface area contributed by atoms with E-state index in [9.17, 15) is 0 Å². The Balaban J connectivity index is 2.19. The molecule has 0 amide bonds. The number of nitrogens with zero attached hydrogens (tertiary/aromatic N) is 3. The van der Waals surface area contributed by atoms with Gasteiger partial charge in [0.15, 0.2) is 0 Å². The van der Waals surface area contributed by atoms with Crippen molar-refractivity contribution in [3.8, 4) is 17.1 Å². The number of methoxy groups -OCH3 is 1. The summed E-state index contributed by atoms with van der Waals surface area (Å²) in [6.07, 6.45) is 3.53. The standard InChI is InChI=1S/C15H14N4O/c1-20-12-7-5-11(6-8-12)15-18-13(10-17-16)14-4-2-3-9-19(14)15/h2-10H,16H2,1H3. The molecule has 2 N–H and O–H groups in total. The molecule has 0 bridgehead atoms. The number of ether oxygens (including phenoxy) is 1. The quantitative estimate of drug-likeness (QED) is 0.449. The van der Waals surface area contributed by atoms with Gasteiger partial charge in [0.05, 0.1) is 18.8 Å². The van der Waals surface area contributed by atoms with E-state index < -0.39 is 0 Å². The van der Waals surface area contributed by atoms with Crippen molar-refractivity contribution in [3.05, 3.63) is 54.4 Å². The molecular formula is C15H14N4O. The van der Waals surface area contributed by atoms with Crippen LogP contribution in [0.1, 0.15) is 5.69 Å². The normalized spacial score (nSPS) is 11.2. The number of hydrazone groups is 1. The minimum absolute atomic E-state index is 0.749. The maximum absolute atomic E-state index is 5.24. The van der Waals surface area contributed by atoms with Gasteiger partial charge in [-0.25, -0.2) is 4.98 Å². The first-order valence-electron chi connectivity index (χ1n) is 6.18. The van der Waals surface area contributed by atoms with Gasteiger partial charge in [0.1, 0.15) is 17.3 Å². The number of pyridine rings is 1. The third-order valence-electron chi connectivity index (χ3n) is 3.12. The summed E-state index contributed by atoms with van der Waals surface area (Å²) in [5, 5.41) is 3.57. The Bertz CT molecular complexity index is 759. The fourth-order valence-corrected chi connectivity index (χ4v) is 2.17. The fraction of sp³-hybridized carbons (Fsp3) is 0.0667. The van der Waals surface area contributed by atoms with E-state index in [1.807, 2.05) is 53.1 Å². The molecule has 0 saturated carbocycles. The Hall–Kier alpha value is -2.82. The fourth-order valence-electron chi connectivity index (χ4n) is 2.17. The van der Waals surface area contributed by atoms with Gasteiger partial charge in [-0.2, -0.15) is 5.10 Å². The number of aromatic nitrogens is 2. The van der Waals surface area contributed by atoms with Crippen molar-refractivity contribution in [2.24, 2.45) is 10.9 Å². The summed E-state index contributed by atoms with van der Waals surface area (Å²) in [5.74, 6) is 6.90. The minimum Gasteiger partial charge on any atom is -0.497 e. The lowest BCUT2D eigenvalue weighted by Gasteiger charge is -2.03. The Labute approximate surface area is 116 Å². The van der Waals surface area contributed by atoms with Crippen LogP contribution in [-0.2, 0) is 0 Å². The first kappa shape index (κ1) is 12.2. The van der Waals surface area contributed by atoms with E-state index in [1.54, 1.807) is 13.3 Å². The lowest BCUT2D eigenvalue weighted by Crippen LogP contribution is -1.89. The van der Waals surface area contributed by atoms with Gasteiger partial charge in [-0.1, -0.05) is 6.07 Å². The zero-order valence-electron chi connectivity index (χ0n) is 11.0. The maximum atomic E-state index is 5.24. The van der Waals surface area contributed by atoms with Crippen LogP contribution in [0.5, 0.6) is 5.75 Å². The zero-order chi connectivity index (χ0) is 13.9. The van der Waals surface area contributed by atoms with Gasteiger partial charge >= 0.3 is 0 Å². The maximum Gasteiger partial charge on any atom is 0.145 e. The number of benzene rings is 1. The molecule has 0 saturated heterocycles. The second-order valence-corrected chi connectivity index (χ2v) is 4.28. The molecule has 0 aliphatic rings. The number of rotatable bonds is 3. The molecule has 5 nitrogen and oxygen atoms in total. The van der Waals surface area contributed by atoms with Crippen LogP contribution in [0.3, 0.4) is 0 Å².